The zero-order valence-corrected chi connectivity index (χ0v) is 16.1. The average molecular weight is 418 g/mol. The van der Waals surface area contributed by atoms with Crippen molar-refractivity contribution in [2.45, 2.75) is 13.1 Å². The van der Waals surface area contributed by atoms with E-state index in [0.29, 0.717) is 11.3 Å². The normalized spacial score (nSPS) is 10.6. The summed E-state index contributed by atoms with van der Waals surface area (Å²) in [5.41, 5.74) is 6.46. The molecule has 10 heteroatoms. The van der Waals surface area contributed by atoms with Crippen LogP contribution < -0.4 is 15.8 Å². The minimum absolute atomic E-state index is 0.0509. The highest BCUT2D eigenvalue weighted by Crippen LogP contribution is 2.22. The number of carbonyl (C=O) groups excluding carboxylic acids is 2. The average Bonchev–Trinajstić information content (AvgIpc) is 3.12. The van der Waals surface area contributed by atoms with Crippen molar-refractivity contribution in [1.82, 2.24) is 20.1 Å². The third-order valence-electron chi connectivity index (χ3n) is 3.99. The summed E-state index contributed by atoms with van der Waals surface area (Å²) in [4.78, 5) is 28.0. The third-order valence-corrected chi connectivity index (χ3v) is 4.29. The summed E-state index contributed by atoms with van der Waals surface area (Å²) >= 11 is 5.67. The molecule has 150 valence electrons. The molecular weight excluding hydrogens is 401 g/mol. The first-order chi connectivity index (χ1) is 13.9. The van der Waals surface area contributed by atoms with Gasteiger partial charge < -0.3 is 15.8 Å². The fourth-order valence-corrected chi connectivity index (χ4v) is 2.68. The lowest BCUT2D eigenvalue weighted by molar-refractivity contribution is -0.122. The summed E-state index contributed by atoms with van der Waals surface area (Å²) in [6.45, 7) is -0.0306. The van der Waals surface area contributed by atoms with Crippen molar-refractivity contribution in [1.29, 1.82) is 0 Å². The van der Waals surface area contributed by atoms with Gasteiger partial charge in [-0.2, -0.15) is 0 Å². The number of amides is 2. The molecule has 0 radical (unpaired) electrons. The second kappa shape index (κ2) is 8.70. The van der Waals surface area contributed by atoms with E-state index in [0.717, 1.165) is 16.3 Å². The van der Waals surface area contributed by atoms with Gasteiger partial charge in [-0.3, -0.25) is 9.59 Å². The van der Waals surface area contributed by atoms with Crippen LogP contribution in [0, 0.1) is 5.82 Å². The van der Waals surface area contributed by atoms with Gasteiger partial charge in [0.25, 0.3) is 5.91 Å². The van der Waals surface area contributed by atoms with E-state index in [1.807, 2.05) is 6.07 Å². The monoisotopic (exact) mass is 417 g/mol. The van der Waals surface area contributed by atoms with Crippen LogP contribution in [-0.2, 0) is 17.9 Å². The number of primary amides is 1. The molecule has 3 aromatic rings. The maximum atomic E-state index is 13.7. The molecule has 0 saturated carbocycles. The standard InChI is InChI=1S/C19H17ClFN5O3/c1-29-13-4-2-3-11(7-13)9-23-16(27)10-26-19(17(22)28)24-18(25-26)12-5-6-14(20)15(21)8-12/h2-8H,9-10H2,1H3,(H2,22,28)(H,23,27). The number of carbonyl (C=O) groups is 2. The van der Waals surface area contributed by atoms with E-state index in [2.05, 4.69) is 15.4 Å². The molecular formula is C19H17ClFN5O3. The summed E-state index contributed by atoms with van der Waals surface area (Å²) in [6, 6.07) is 11.2. The van der Waals surface area contributed by atoms with Crippen LogP contribution >= 0.6 is 11.6 Å². The Balaban J connectivity index is 1.75. The van der Waals surface area contributed by atoms with Gasteiger partial charge >= 0.3 is 0 Å². The van der Waals surface area contributed by atoms with Crippen molar-refractivity contribution >= 4 is 23.4 Å². The lowest BCUT2D eigenvalue weighted by Crippen LogP contribution is -2.30. The zero-order chi connectivity index (χ0) is 21.0. The first-order valence-corrected chi connectivity index (χ1v) is 8.85. The molecule has 1 aromatic heterocycles. The van der Waals surface area contributed by atoms with Crippen LogP contribution in [0.25, 0.3) is 11.4 Å². The lowest BCUT2D eigenvalue weighted by Gasteiger charge is -2.07. The highest BCUT2D eigenvalue weighted by Gasteiger charge is 2.18. The Morgan fingerprint density at radius 1 is 1.28 bits per heavy atom. The summed E-state index contributed by atoms with van der Waals surface area (Å²) in [5, 5.41) is 6.77. The number of aromatic nitrogens is 3. The Morgan fingerprint density at radius 2 is 2.07 bits per heavy atom. The molecule has 2 amide bonds. The summed E-state index contributed by atoms with van der Waals surface area (Å²) < 4.78 is 19.9. The molecule has 0 atom stereocenters. The highest BCUT2D eigenvalue weighted by atomic mass is 35.5. The molecule has 2 aromatic carbocycles. The fourth-order valence-electron chi connectivity index (χ4n) is 2.57. The van der Waals surface area contributed by atoms with Crippen LogP contribution in [0.3, 0.4) is 0 Å². The summed E-state index contributed by atoms with van der Waals surface area (Å²) in [5.74, 6) is -1.42. The molecule has 0 unspecified atom stereocenters. The molecule has 0 aliphatic heterocycles. The smallest absolute Gasteiger partial charge is 0.286 e. The van der Waals surface area contributed by atoms with Gasteiger partial charge in [0.05, 0.1) is 12.1 Å². The minimum Gasteiger partial charge on any atom is -0.497 e. The van der Waals surface area contributed by atoms with E-state index in [9.17, 15) is 14.0 Å². The maximum Gasteiger partial charge on any atom is 0.286 e. The number of ether oxygens (including phenoxy) is 1. The number of methoxy groups -OCH3 is 1. The molecule has 0 bridgehead atoms. The number of halogens is 2. The third kappa shape index (κ3) is 4.88. The number of hydrogen-bond donors (Lipinski definition) is 2. The Morgan fingerprint density at radius 3 is 2.76 bits per heavy atom. The largest absolute Gasteiger partial charge is 0.497 e. The molecule has 1 heterocycles. The number of hydrogen-bond acceptors (Lipinski definition) is 5. The van der Waals surface area contributed by atoms with E-state index >= 15 is 0 Å². The van der Waals surface area contributed by atoms with E-state index in [4.69, 9.17) is 22.1 Å². The van der Waals surface area contributed by atoms with E-state index in [1.54, 1.807) is 25.3 Å². The van der Waals surface area contributed by atoms with Crippen molar-refractivity contribution < 1.29 is 18.7 Å². The van der Waals surface area contributed by atoms with Gasteiger partial charge in [-0.15, -0.1) is 5.10 Å². The maximum absolute atomic E-state index is 13.7. The molecule has 0 aliphatic rings. The van der Waals surface area contributed by atoms with Crippen molar-refractivity contribution in [3.8, 4) is 17.1 Å². The van der Waals surface area contributed by atoms with E-state index < -0.39 is 17.6 Å². The Kier molecular flexibility index (Phi) is 6.08. The van der Waals surface area contributed by atoms with Crippen LogP contribution in [0.15, 0.2) is 42.5 Å². The van der Waals surface area contributed by atoms with Gasteiger partial charge in [-0.1, -0.05) is 23.7 Å². The van der Waals surface area contributed by atoms with Crippen molar-refractivity contribution in [3.63, 3.8) is 0 Å². The van der Waals surface area contributed by atoms with Gasteiger partial charge in [0.1, 0.15) is 18.1 Å². The molecule has 3 rings (SSSR count). The van der Waals surface area contributed by atoms with Crippen LogP contribution in [-0.4, -0.2) is 33.7 Å². The quantitative estimate of drug-likeness (QED) is 0.611. The molecule has 3 N–H and O–H groups in total. The van der Waals surface area contributed by atoms with Gasteiger partial charge in [0.2, 0.25) is 11.7 Å². The Hall–Kier alpha value is -3.46. The number of nitrogens with two attached hydrogens (primary N) is 1. The predicted molar refractivity (Wildman–Crippen MR) is 104 cm³/mol. The second-order valence-corrected chi connectivity index (χ2v) is 6.45. The van der Waals surface area contributed by atoms with Crippen LogP contribution in [0.1, 0.15) is 16.2 Å². The van der Waals surface area contributed by atoms with Crippen LogP contribution in [0.5, 0.6) is 5.75 Å². The number of nitrogens with zero attached hydrogens (tertiary/aromatic N) is 3. The minimum atomic E-state index is -0.862. The number of rotatable bonds is 7. The summed E-state index contributed by atoms with van der Waals surface area (Å²) in [6.07, 6.45) is 0. The zero-order valence-electron chi connectivity index (χ0n) is 15.4. The first kappa shape index (κ1) is 20.3. The number of nitrogens with one attached hydrogen (secondary N) is 1. The SMILES string of the molecule is COc1cccc(CNC(=O)Cn2nc(-c3ccc(Cl)c(F)c3)nc2C(N)=O)c1. The molecule has 0 saturated heterocycles. The van der Waals surface area contributed by atoms with Crippen molar-refractivity contribution in [3.05, 3.63) is 64.7 Å². The Bertz CT molecular complexity index is 1070. The predicted octanol–water partition coefficient (Wildman–Crippen LogP) is 2.16. The lowest BCUT2D eigenvalue weighted by atomic mass is 10.2. The first-order valence-electron chi connectivity index (χ1n) is 8.47. The van der Waals surface area contributed by atoms with E-state index in [-0.39, 0.29) is 29.8 Å². The van der Waals surface area contributed by atoms with Gasteiger partial charge in [0.15, 0.2) is 5.82 Å². The van der Waals surface area contributed by atoms with Gasteiger partial charge in [0, 0.05) is 12.1 Å². The van der Waals surface area contributed by atoms with Crippen molar-refractivity contribution in [2.24, 2.45) is 5.73 Å². The Labute approximate surface area is 170 Å². The molecule has 0 aliphatic carbocycles. The van der Waals surface area contributed by atoms with Gasteiger partial charge in [-0.25, -0.2) is 14.1 Å². The highest BCUT2D eigenvalue weighted by molar-refractivity contribution is 6.30. The molecule has 0 spiro atoms. The second-order valence-electron chi connectivity index (χ2n) is 6.04. The fraction of sp³-hybridized carbons (Fsp3) is 0.158. The molecule has 29 heavy (non-hydrogen) atoms. The van der Waals surface area contributed by atoms with Gasteiger partial charge in [-0.05, 0) is 35.9 Å². The van der Waals surface area contributed by atoms with Crippen molar-refractivity contribution in [2.75, 3.05) is 7.11 Å². The number of benzene rings is 2. The van der Waals surface area contributed by atoms with E-state index in [1.165, 1.54) is 12.1 Å². The summed E-state index contributed by atoms with van der Waals surface area (Å²) in [7, 11) is 1.55. The topological polar surface area (TPSA) is 112 Å². The molecule has 8 nitrogen and oxygen atoms in total. The van der Waals surface area contributed by atoms with Crippen LogP contribution in [0.4, 0.5) is 4.39 Å². The molecule has 0 fully saturated rings. The van der Waals surface area contributed by atoms with Crippen LogP contribution in [0.2, 0.25) is 5.02 Å².